The summed E-state index contributed by atoms with van der Waals surface area (Å²) in [6, 6.07) is 7.98. The lowest BCUT2D eigenvalue weighted by Crippen LogP contribution is -1.99. The van der Waals surface area contributed by atoms with E-state index in [1.807, 2.05) is 42.9 Å². The third-order valence-corrected chi connectivity index (χ3v) is 2.49. The summed E-state index contributed by atoms with van der Waals surface area (Å²) < 4.78 is 8.02. The van der Waals surface area contributed by atoms with Gasteiger partial charge in [0.2, 0.25) is 0 Å². The minimum absolute atomic E-state index is 0.753. The second-order valence-corrected chi connectivity index (χ2v) is 4.12. The summed E-state index contributed by atoms with van der Waals surface area (Å²) in [5, 5.41) is 4.20. The van der Waals surface area contributed by atoms with Gasteiger partial charge in [-0.25, -0.2) is 0 Å². The molecule has 0 amide bonds. The van der Waals surface area contributed by atoms with E-state index in [1.54, 1.807) is 13.3 Å². The SMILES string of the molecule is CC.COc1cccc(Cn2cc(Br)cn2)c1. The summed E-state index contributed by atoms with van der Waals surface area (Å²) in [6.45, 7) is 4.75. The maximum absolute atomic E-state index is 5.16. The Morgan fingerprint density at radius 1 is 1.35 bits per heavy atom. The molecule has 0 aliphatic heterocycles. The van der Waals surface area contributed by atoms with Gasteiger partial charge in [0, 0.05) is 6.20 Å². The summed E-state index contributed by atoms with van der Waals surface area (Å²) in [4.78, 5) is 0. The molecule has 0 unspecified atom stereocenters. The van der Waals surface area contributed by atoms with Gasteiger partial charge in [0.1, 0.15) is 5.75 Å². The number of aromatic nitrogens is 2. The molecule has 1 heterocycles. The van der Waals surface area contributed by atoms with E-state index in [-0.39, 0.29) is 0 Å². The topological polar surface area (TPSA) is 27.1 Å². The molecule has 0 aliphatic carbocycles. The minimum Gasteiger partial charge on any atom is -0.497 e. The van der Waals surface area contributed by atoms with E-state index in [2.05, 4.69) is 27.1 Å². The molecule has 2 aromatic rings. The van der Waals surface area contributed by atoms with Crippen LogP contribution in [0.5, 0.6) is 5.75 Å². The second kappa shape index (κ2) is 7.12. The van der Waals surface area contributed by atoms with Crippen molar-refractivity contribution in [1.29, 1.82) is 0 Å². The van der Waals surface area contributed by atoms with E-state index >= 15 is 0 Å². The quantitative estimate of drug-likeness (QED) is 0.863. The summed E-state index contributed by atoms with van der Waals surface area (Å²) >= 11 is 3.37. The molecule has 0 atom stereocenters. The predicted octanol–water partition coefficient (Wildman–Crippen LogP) is 3.73. The zero-order chi connectivity index (χ0) is 12.7. The van der Waals surface area contributed by atoms with Crippen molar-refractivity contribution in [3.05, 3.63) is 46.7 Å². The normalized spacial score (nSPS) is 9.41. The number of ether oxygens (including phenoxy) is 1. The van der Waals surface area contributed by atoms with Crippen LogP contribution in [0.4, 0.5) is 0 Å². The van der Waals surface area contributed by atoms with Gasteiger partial charge in [-0.2, -0.15) is 5.10 Å². The van der Waals surface area contributed by atoms with Crippen LogP contribution in [0.25, 0.3) is 0 Å². The lowest BCUT2D eigenvalue weighted by Gasteiger charge is -2.04. The van der Waals surface area contributed by atoms with E-state index in [0.717, 1.165) is 16.8 Å². The molecule has 0 bridgehead atoms. The van der Waals surface area contributed by atoms with E-state index in [9.17, 15) is 0 Å². The Labute approximate surface area is 111 Å². The van der Waals surface area contributed by atoms with Crippen molar-refractivity contribution in [2.45, 2.75) is 20.4 Å². The minimum atomic E-state index is 0.753. The molecule has 3 nitrogen and oxygen atoms in total. The molecule has 0 N–H and O–H groups in total. The third-order valence-electron chi connectivity index (χ3n) is 2.08. The average molecular weight is 297 g/mol. The highest BCUT2D eigenvalue weighted by Crippen LogP contribution is 2.14. The maximum Gasteiger partial charge on any atom is 0.119 e. The van der Waals surface area contributed by atoms with Gasteiger partial charge in [0.25, 0.3) is 0 Å². The van der Waals surface area contributed by atoms with Crippen LogP contribution < -0.4 is 4.74 Å². The summed E-state index contributed by atoms with van der Waals surface area (Å²) in [6.07, 6.45) is 3.72. The van der Waals surface area contributed by atoms with E-state index < -0.39 is 0 Å². The van der Waals surface area contributed by atoms with Crippen LogP contribution in [-0.4, -0.2) is 16.9 Å². The van der Waals surface area contributed by atoms with Crippen LogP contribution in [-0.2, 0) is 6.54 Å². The van der Waals surface area contributed by atoms with Gasteiger partial charge in [-0.05, 0) is 33.6 Å². The smallest absolute Gasteiger partial charge is 0.119 e. The Hall–Kier alpha value is -1.29. The molecule has 0 spiro atoms. The Morgan fingerprint density at radius 2 is 2.12 bits per heavy atom. The Bertz CT molecular complexity index is 454. The fourth-order valence-electron chi connectivity index (χ4n) is 1.38. The zero-order valence-electron chi connectivity index (χ0n) is 10.4. The number of methoxy groups -OCH3 is 1. The van der Waals surface area contributed by atoms with Crippen LogP contribution in [0, 0.1) is 0 Å². The van der Waals surface area contributed by atoms with Crippen molar-refractivity contribution in [2.75, 3.05) is 7.11 Å². The number of rotatable bonds is 3. The molecule has 92 valence electrons. The van der Waals surface area contributed by atoms with E-state index in [4.69, 9.17) is 4.74 Å². The molecule has 1 aromatic carbocycles. The molecule has 2 rings (SSSR count). The van der Waals surface area contributed by atoms with Gasteiger partial charge in [-0.3, -0.25) is 4.68 Å². The maximum atomic E-state index is 5.16. The van der Waals surface area contributed by atoms with Gasteiger partial charge in [-0.1, -0.05) is 26.0 Å². The van der Waals surface area contributed by atoms with Gasteiger partial charge in [0.05, 0.1) is 24.3 Å². The third kappa shape index (κ3) is 4.23. The van der Waals surface area contributed by atoms with Crippen LogP contribution in [0.2, 0.25) is 0 Å². The number of halogens is 1. The summed E-state index contributed by atoms with van der Waals surface area (Å²) in [5.41, 5.74) is 1.17. The predicted molar refractivity (Wildman–Crippen MR) is 73.4 cm³/mol. The average Bonchev–Trinajstić information content (AvgIpc) is 2.77. The highest BCUT2D eigenvalue weighted by molar-refractivity contribution is 9.10. The monoisotopic (exact) mass is 296 g/mol. The van der Waals surface area contributed by atoms with Gasteiger partial charge >= 0.3 is 0 Å². The number of benzene rings is 1. The van der Waals surface area contributed by atoms with Crippen LogP contribution in [0.15, 0.2) is 41.1 Å². The highest BCUT2D eigenvalue weighted by atomic mass is 79.9. The summed E-state index contributed by atoms with van der Waals surface area (Å²) in [7, 11) is 1.67. The van der Waals surface area contributed by atoms with Crippen molar-refractivity contribution in [1.82, 2.24) is 9.78 Å². The van der Waals surface area contributed by atoms with Crippen LogP contribution in [0.3, 0.4) is 0 Å². The van der Waals surface area contributed by atoms with Crippen molar-refractivity contribution >= 4 is 15.9 Å². The lowest BCUT2D eigenvalue weighted by molar-refractivity contribution is 0.414. The van der Waals surface area contributed by atoms with E-state index in [1.165, 1.54) is 5.56 Å². The van der Waals surface area contributed by atoms with Crippen molar-refractivity contribution < 1.29 is 4.74 Å². The first-order valence-electron chi connectivity index (χ1n) is 5.59. The highest BCUT2D eigenvalue weighted by Gasteiger charge is 1.98. The van der Waals surface area contributed by atoms with Crippen molar-refractivity contribution in [3.8, 4) is 5.75 Å². The second-order valence-electron chi connectivity index (χ2n) is 3.21. The largest absolute Gasteiger partial charge is 0.497 e. The molecule has 0 radical (unpaired) electrons. The fourth-order valence-corrected chi connectivity index (χ4v) is 1.71. The molecule has 0 aliphatic rings. The number of nitrogens with zero attached hydrogens (tertiary/aromatic N) is 2. The van der Waals surface area contributed by atoms with Gasteiger partial charge in [0.15, 0.2) is 0 Å². The number of hydrogen-bond donors (Lipinski definition) is 0. The van der Waals surface area contributed by atoms with Gasteiger partial charge in [-0.15, -0.1) is 0 Å². The molecular weight excluding hydrogens is 280 g/mol. The number of hydrogen-bond acceptors (Lipinski definition) is 2. The molecule has 1 aromatic heterocycles. The van der Waals surface area contributed by atoms with Crippen molar-refractivity contribution in [2.24, 2.45) is 0 Å². The molecular formula is C13H17BrN2O. The summed E-state index contributed by atoms with van der Waals surface area (Å²) in [5.74, 6) is 0.874. The molecule has 0 fully saturated rings. The van der Waals surface area contributed by atoms with Crippen molar-refractivity contribution in [3.63, 3.8) is 0 Å². The van der Waals surface area contributed by atoms with Crippen LogP contribution in [0.1, 0.15) is 19.4 Å². The van der Waals surface area contributed by atoms with Crippen LogP contribution >= 0.6 is 15.9 Å². The molecule has 17 heavy (non-hydrogen) atoms. The first kappa shape index (κ1) is 13.8. The van der Waals surface area contributed by atoms with E-state index in [0.29, 0.717) is 0 Å². The standard InChI is InChI=1S/C11H11BrN2O.C2H6/c1-15-11-4-2-3-9(5-11)7-14-8-10(12)6-13-14;1-2/h2-6,8H,7H2,1H3;1-2H3. The Balaban J connectivity index is 0.000000686. The first-order valence-corrected chi connectivity index (χ1v) is 6.38. The first-order chi connectivity index (χ1) is 8.28. The molecule has 0 saturated carbocycles. The zero-order valence-corrected chi connectivity index (χ0v) is 11.9. The molecule has 4 heteroatoms. The fraction of sp³-hybridized carbons (Fsp3) is 0.308. The Morgan fingerprint density at radius 3 is 2.71 bits per heavy atom. The Kier molecular flexibility index (Phi) is 5.77. The molecule has 0 saturated heterocycles. The lowest BCUT2D eigenvalue weighted by atomic mass is 10.2. The van der Waals surface area contributed by atoms with Gasteiger partial charge < -0.3 is 4.74 Å².